The Morgan fingerprint density at radius 2 is 1.89 bits per heavy atom. The topological polar surface area (TPSA) is 29.9 Å². The molecule has 1 N–H and O–H groups in total. The highest BCUT2D eigenvalue weighted by atomic mass is 15.1. The first-order valence-corrected chi connectivity index (χ1v) is 6.69. The summed E-state index contributed by atoms with van der Waals surface area (Å²) >= 11 is 0. The zero-order valence-corrected chi connectivity index (χ0v) is 12.4. The van der Waals surface area contributed by atoms with Crippen molar-refractivity contribution in [1.29, 1.82) is 0 Å². The fraction of sp³-hybridized carbons (Fsp3) is 0.438. The quantitative estimate of drug-likeness (QED) is 0.916. The van der Waals surface area contributed by atoms with Crippen molar-refractivity contribution in [2.75, 3.05) is 7.05 Å². The van der Waals surface area contributed by atoms with Crippen LogP contribution in [-0.2, 0) is 12.5 Å². The molecule has 2 rings (SSSR count). The predicted octanol–water partition coefficient (Wildman–Crippen LogP) is 3.03. The first-order valence-electron chi connectivity index (χ1n) is 6.69. The van der Waals surface area contributed by atoms with Gasteiger partial charge in [0, 0.05) is 19.4 Å². The average molecular weight is 257 g/mol. The number of nitrogens with zero attached hydrogens (tertiary/aromatic N) is 2. The van der Waals surface area contributed by atoms with Gasteiger partial charge in [0.2, 0.25) is 0 Å². The number of hydrogen-bond donors (Lipinski definition) is 1. The van der Waals surface area contributed by atoms with Gasteiger partial charge in [0.15, 0.2) is 0 Å². The van der Waals surface area contributed by atoms with Gasteiger partial charge in [-0.1, -0.05) is 45.0 Å². The van der Waals surface area contributed by atoms with E-state index in [1.54, 1.807) is 0 Å². The van der Waals surface area contributed by atoms with Gasteiger partial charge in [-0.15, -0.1) is 0 Å². The first-order chi connectivity index (χ1) is 8.95. The fourth-order valence-corrected chi connectivity index (χ4v) is 2.51. The van der Waals surface area contributed by atoms with Crippen molar-refractivity contribution in [3.8, 4) is 0 Å². The van der Waals surface area contributed by atoms with Gasteiger partial charge in [0.25, 0.3) is 0 Å². The molecule has 0 spiro atoms. The first kappa shape index (κ1) is 13.8. The Hall–Kier alpha value is -1.61. The molecular formula is C16H23N3. The molecular weight excluding hydrogens is 234 g/mol. The molecule has 1 heterocycles. The van der Waals surface area contributed by atoms with Crippen molar-refractivity contribution in [2.45, 2.75) is 32.2 Å². The molecule has 0 fully saturated rings. The summed E-state index contributed by atoms with van der Waals surface area (Å²) in [7, 11) is 4.02. The van der Waals surface area contributed by atoms with E-state index in [-0.39, 0.29) is 11.5 Å². The SMILES string of the molecule is CNC(c1ccccc1C(C)(C)C)c1nccn1C. The summed E-state index contributed by atoms with van der Waals surface area (Å²) in [6.07, 6.45) is 3.83. The van der Waals surface area contributed by atoms with Crippen LogP contribution in [0.5, 0.6) is 0 Å². The van der Waals surface area contributed by atoms with Crippen LogP contribution in [0.15, 0.2) is 36.7 Å². The summed E-state index contributed by atoms with van der Waals surface area (Å²) in [6.45, 7) is 6.74. The predicted molar refractivity (Wildman–Crippen MR) is 79.3 cm³/mol. The third-order valence-corrected chi connectivity index (χ3v) is 3.49. The van der Waals surface area contributed by atoms with E-state index in [0.717, 1.165) is 5.82 Å². The molecule has 102 valence electrons. The molecule has 0 bridgehead atoms. The Morgan fingerprint density at radius 1 is 1.21 bits per heavy atom. The van der Waals surface area contributed by atoms with E-state index >= 15 is 0 Å². The molecule has 2 aromatic rings. The molecule has 0 radical (unpaired) electrons. The Bertz CT molecular complexity index is 549. The zero-order chi connectivity index (χ0) is 14.0. The molecule has 3 nitrogen and oxygen atoms in total. The maximum absolute atomic E-state index is 4.49. The fourth-order valence-electron chi connectivity index (χ4n) is 2.51. The van der Waals surface area contributed by atoms with Gasteiger partial charge in [0.05, 0.1) is 6.04 Å². The number of rotatable bonds is 3. The van der Waals surface area contributed by atoms with Gasteiger partial charge in [-0.05, 0) is 23.6 Å². The summed E-state index contributed by atoms with van der Waals surface area (Å²) in [6, 6.07) is 8.72. The molecule has 3 heteroatoms. The van der Waals surface area contributed by atoms with Crippen LogP contribution in [0.25, 0.3) is 0 Å². The summed E-state index contributed by atoms with van der Waals surface area (Å²) in [5.74, 6) is 1.04. The molecule has 0 aliphatic heterocycles. The lowest BCUT2D eigenvalue weighted by molar-refractivity contribution is 0.553. The third-order valence-electron chi connectivity index (χ3n) is 3.49. The van der Waals surface area contributed by atoms with Gasteiger partial charge in [-0.25, -0.2) is 4.98 Å². The molecule has 0 aliphatic rings. The van der Waals surface area contributed by atoms with Gasteiger partial charge >= 0.3 is 0 Å². The van der Waals surface area contributed by atoms with Gasteiger partial charge in [-0.3, -0.25) is 0 Å². The minimum Gasteiger partial charge on any atom is -0.336 e. The highest BCUT2D eigenvalue weighted by molar-refractivity contribution is 5.38. The van der Waals surface area contributed by atoms with E-state index in [0.29, 0.717) is 0 Å². The summed E-state index contributed by atoms with van der Waals surface area (Å²) in [4.78, 5) is 4.49. The second-order valence-electron chi connectivity index (χ2n) is 5.96. The monoisotopic (exact) mass is 257 g/mol. The Balaban J connectivity index is 2.54. The minimum absolute atomic E-state index is 0.121. The molecule has 1 unspecified atom stereocenters. The maximum atomic E-state index is 4.49. The Kier molecular flexibility index (Phi) is 3.76. The van der Waals surface area contributed by atoms with Gasteiger partial charge in [-0.2, -0.15) is 0 Å². The van der Waals surface area contributed by atoms with Crippen LogP contribution in [0.4, 0.5) is 0 Å². The van der Waals surface area contributed by atoms with Crippen molar-refractivity contribution >= 4 is 0 Å². The van der Waals surface area contributed by atoms with Crippen LogP contribution >= 0.6 is 0 Å². The number of imidazole rings is 1. The van der Waals surface area contributed by atoms with Crippen LogP contribution in [0, 0.1) is 0 Å². The molecule has 19 heavy (non-hydrogen) atoms. The van der Waals surface area contributed by atoms with Crippen LogP contribution < -0.4 is 5.32 Å². The summed E-state index contributed by atoms with van der Waals surface area (Å²) < 4.78 is 2.07. The van der Waals surface area contributed by atoms with Crippen LogP contribution in [0.3, 0.4) is 0 Å². The second-order valence-corrected chi connectivity index (χ2v) is 5.96. The van der Waals surface area contributed by atoms with Crippen molar-refractivity contribution < 1.29 is 0 Å². The number of aromatic nitrogens is 2. The van der Waals surface area contributed by atoms with Crippen molar-refractivity contribution in [1.82, 2.24) is 14.9 Å². The molecule has 1 aromatic carbocycles. The van der Waals surface area contributed by atoms with E-state index in [2.05, 4.69) is 59.9 Å². The lowest BCUT2D eigenvalue weighted by atomic mass is 9.81. The van der Waals surface area contributed by atoms with E-state index in [1.165, 1.54) is 11.1 Å². The lowest BCUT2D eigenvalue weighted by Gasteiger charge is -2.27. The summed E-state index contributed by atoms with van der Waals surface area (Å²) in [5, 5.41) is 3.39. The summed E-state index contributed by atoms with van der Waals surface area (Å²) in [5.41, 5.74) is 2.78. The average Bonchev–Trinajstić information content (AvgIpc) is 2.76. The number of hydrogen-bond acceptors (Lipinski definition) is 2. The van der Waals surface area contributed by atoms with E-state index in [9.17, 15) is 0 Å². The number of nitrogens with one attached hydrogen (secondary N) is 1. The highest BCUT2D eigenvalue weighted by Crippen LogP contribution is 2.31. The Morgan fingerprint density at radius 3 is 2.42 bits per heavy atom. The van der Waals surface area contributed by atoms with Crippen molar-refractivity contribution in [3.63, 3.8) is 0 Å². The number of aryl methyl sites for hydroxylation is 1. The molecule has 0 amide bonds. The largest absolute Gasteiger partial charge is 0.336 e. The molecule has 0 saturated heterocycles. The van der Waals surface area contributed by atoms with Crippen LogP contribution in [0.2, 0.25) is 0 Å². The van der Waals surface area contributed by atoms with Crippen molar-refractivity contribution in [2.24, 2.45) is 7.05 Å². The molecule has 0 saturated carbocycles. The van der Waals surface area contributed by atoms with Gasteiger partial charge in [0.1, 0.15) is 5.82 Å². The normalized spacial score (nSPS) is 13.5. The molecule has 1 atom stereocenters. The standard InChI is InChI=1S/C16H23N3/c1-16(2,3)13-9-7-6-8-12(13)14(17-4)15-18-10-11-19(15)5/h6-11,14,17H,1-5H3. The smallest absolute Gasteiger partial charge is 0.130 e. The van der Waals surface area contributed by atoms with Gasteiger partial charge < -0.3 is 9.88 Å². The minimum atomic E-state index is 0.121. The van der Waals surface area contributed by atoms with E-state index in [4.69, 9.17) is 0 Å². The van der Waals surface area contributed by atoms with E-state index < -0.39 is 0 Å². The third kappa shape index (κ3) is 2.71. The number of benzene rings is 1. The maximum Gasteiger partial charge on any atom is 0.130 e. The zero-order valence-electron chi connectivity index (χ0n) is 12.4. The van der Waals surface area contributed by atoms with Crippen LogP contribution in [-0.4, -0.2) is 16.6 Å². The second kappa shape index (κ2) is 5.17. The highest BCUT2D eigenvalue weighted by Gasteiger charge is 2.24. The van der Waals surface area contributed by atoms with E-state index in [1.807, 2.05) is 26.5 Å². The lowest BCUT2D eigenvalue weighted by Crippen LogP contribution is -2.25. The Labute approximate surface area is 115 Å². The molecule has 1 aromatic heterocycles. The van der Waals surface area contributed by atoms with Crippen molar-refractivity contribution in [3.05, 3.63) is 53.6 Å². The molecule has 0 aliphatic carbocycles. The van der Waals surface area contributed by atoms with Crippen LogP contribution in [0.1, 0.15) is 43.8 Å².